The molecule has 3 fully saturated rings. The van der Waals surface area contributed by atoms with Gasteiger partial charge in [-0.25, -0.2) is 0 Å². The molecule has 21 heavy (non-hydrogen) atoms. The molecule has 4 heterocycles. The van der Waals surface area contributed by atoms with E-state index in [1.807, 2.05) is 9.47 Å². The number of amides is 1. The fourth-order valence-corrected chi connectivity index (χ4v) is 3.70. The van der Waals surface area contributed by atoms with Crippen LogP contribution < -0.4 is 0 Å². The van der Waals surface area contributed by atoms with Crippen LogP contribution in [0.4, 0.5) is 0 Å². The maximum absolute atomic E-state index is 12.4. The summed E-state index contributed by atoms with van der Waals surface area (Å²) >= 11 is 0. The number of carbonyl (C=O) groups excluding carboxylic acids is 1. The summed E-state index contributed by atoms with van der Waals surface area (Å²) in [5, 5.41) is 7.71. The standard InChI is InChI=1S/C14H20N4O3/c19-13(12-2-1-5-20-12)17-4-3-14(8-17)6-11(7-21-14)18-9-15-16-10-18/h9-12H,1-8H2/t11?,12-,14?/m1/s1. The quantitative estimate of drug-likeness (QED) is 0.788. The van der Waals surface area contributed by atoms with Crippen LogP contribution in [-0.2, 0) is 14.3 Å². The highest BCUT2D eigenvalue weighted by atomic mass is 16.5. The Morgan fingerprint density at radius 1 is 1.33 bits per heavy atom. The van der Waals surface area contributed by atoms with Gasteiger partial charge >= 0.3 is 0 Å². The largest absolute Gasteiger partial charge is 0.371 e. The molecule has 0 saturated carbocycles. The van der Waals surface area contributed by atoms with Gasteiger partial charge in [-0.05, 0) is 19.3 Å². The van der Waals surface area contributed by atoms with Crippen molar-refractivity contribution in [1.82, 2.24) is 19.7 Å². The number of carbonyl (C=O) groups is 1. The zero-order valence-electron chi connectivity index (χ0n) is 12.0. The lowest BCUT2D eigenvalue weighted by Crippen LogP contribution is -2.40. The first-order valence-corrected chi connectivity index (χ1v) is 7.64. The van der Waals surface area contributed by atoms with E-state index in [1.165, 1.54) is 0 Å². The van der Waals surface area contributed by atoms with Gasteiger partial charge in [0.25, 0.3) is 5.91 Å². The summed E-state index contributed by atoms with van der Waals surface area (Å²) in [6.45, 7) is 2.83. The molecule has 114 valence electrons. The van der Waals surface area contributed by atoms with Crippen LogP contribution in [0.1, 0.15) is 31.7 Å². The van der Waals surface area contributed by atoms with Crippen LogP contribution in [-0.4, -0.2) is 63.6 Å². The molecule has 3 aliphatic rings. The minimum absolute atomic E-state index is 0.140. The van der Waals surface area contributed by atoms with Crippen molar-refractivity contribution in [3.63, 3.8) is 0 Å². The van der Waals surface area contributed by atoms with Crippen LogP contribution >= 0.6 is 0 Å². The van der Waals surface area contributed by atoms with E-state index >= 15 is 0 Å². The molecule has 4 rings (SSSR count). The van der Waals surface area contributed by atoms with Gasteiger partial charge in [-0.3, -0.25) is 4.79 Å². The summed E-state index contributed by atoms with van der Waals surface area (Å²) in [4.78, 5) is 14.3. The van der Waals surface area contributed by atoms with Crippen LogP contribution in [0.15, 0.2) is 12.7 Å². The van der Waals surface area contributed by atoms with Gasteiger partial charge < -0.3 is 18.9 Å². The first-order chi connectivity index (χ1) is 10.3. The number of ether oxygens (including phenoxy) is 2. The Morgan fingerprint density at radius 3 is 2.95 bits per heavy atom. The Labute approximate surface area is 123 Å². The third-order valence-electron chi connectivity index (χ3n) is 4.88. The van der Waals surface area contributed by atoms with E-state index in [4.69, 9.17) is 9.47 Å². The average Bonchev–Trinajstić information content (AvgIpc) is 3.29. The molecular formula is C14H20N4O3. The number of rotatable bonds is 2. The Kier molecular flexibility index (Phi) is 3.19. The van der Waals surface area contributed by atoms with Crippen LogP contribution in [0.3, 0.4) is 0 Å². The molecule has 3 saturated heterocycles. The van der Waals surface area contributed by atoms with Gasteiger partial charge in [0, 0.05) is 26.1 Å². The second-order valence-electron chi connectivity index (χ2n) is 6.27. The summed E-state index contributed by atoms with van der Waals surface area (Å²) in [7, 11) is 0. The van der Waals surface area contributed by atoms with Crippen LogP contribution in [0, 0.1) is 0 Å². The molecule has 2 unspecified atom stereocenters. The maximum atomic E-state index is 12.4. The highest BCUT2D eigenvalue weighted by molar-refractivity contribution is 5.81. The molecular weight excluding hydrogens is 272 g/mol. The Balaban J connectivity index is 1.40. The third-order valence-corrected chi connectivity index (χ3v) is 4.88. The zero-order valence-corrected chi connectivity index (χ0v) is 12.0. The summed E-state index contributed by atoms with van der Waals surface area (Å²) in [6.07, 6.45) is 6.91. The minimum atomic E-state index is -0.227. The Bertz CT molecular complexity index is 514. The smallest absolute Gasteiger partial charge is 0.251 e. The van der Waals surface area contributed by atoms with Gasteiger partial charge in [0.05, 0.1) is 18.2 Å². The van der Waals surface area contributed by atoms with Crippen molar-refractivity contribution in [2.24, 2.45) is 0 Å². The minimum Gasteiger partial charge on any atom is -0.371 e. The lowest BCUT2D eigenvalue weighted by Gasteiger charge is -2.24. The monoisotopic (exact) mass is 292 g/mol. The van der Waals surface area contributed by atoms with E-state index in [9.17, 15) is 4.79 Å². The SMILES string of the molecule is O=C([C@H]1CCCO1)N1CCC2(CC(n3cnnc3)CO2)C1. The summed E-state index contributed by atoms with van der Waals surface area (Å²) in [5.74, 6) is 0.140. The Morgan fingerprint density at radius 2 is 2.19 bits per heavy atom. The second kappa shape index (κ2) is 5.06. The van der Waals surface area contributed by atoms with Crippen molar-refractivity contribution < 1.29 is 14.3 Å². The highest BCUT2D eigenvalue weighted by Gasteiger charge is 2.48. The molecule has 0 aliphatic carbocycles. The van der Waals surface area contributed by atoms with Crippen molar-refractivity contribution in [2.45, 2.75) is 43.4 Å². The molecule has 0 N–H and O–H groups in total. The van der Waals surface area contributed by atoms with E-state index in [2.05, 4.69) is 10.2 Å². The van der Waals surface area contributed by atoms with Crippen molar-refractivity contribution >= 4 is 5.91 Å². The number of likely N-dealkylation sites (tertiary alicyclic amines) is 1. The van der Waals surface area contributed by atoms with E-state index < -0.39 is 0 Å². The van der Waals surface area contributed by atoms with Crippen LogP contribution in [0.25, 0.3) is 0 Å². The van der Waals surface area contributed by atoms with Crippen LogP contribution in [0.5, 0.6) is 0 Å². The van der Waals surface area contributed by atoms with Crippen LogP contribution in [0.2, 0.25) is 0 Å². The zero-order chi connectivity index (χ0) is 14.3. The van der Waals surface area contributed by atoms with E-state index in [0.717, 1.165) is 32.2 Å². The predicted molar refractivity (Wildman–Crippen MR) is 72.5 cm³/mol. The van der Waals surface area contributed by atoms with Crippen molar-refractivity contribution in [3.05, 3.63) is 12.7 Å². The highest BCUT2D eigenvalue weighted by Crippen LogP contribution is 2.40. The molecule has 3 atom stereocenters. The maximum Gasteiger partial charge on any atom is 0.251 e. The van der Waals surface area contributed by atoms with Gasteiger partial charge in [0.2, 0.25) is 0 Å². The molecule has 7 nitrogen and oxygen atoms in total. The predicted octanol–water partition coefficient (Wildman–Crippen LogP) is 0.390. The number of aromatic nitrogens is 3. The van der Waals surface area contributed by atoms with E-state index in [1.54, 1.807) is 12.7 Å². The lowest BCUT2D eigenvalue weighted by molar-refractivity contribution is -0.140. The molecule has 0 radical (unpaired) electrons. The van der Waals surface area contributed by atoms with Crippen molar-refractivity contribution in [2.75, 3.05) is 26.3 Å². The molecule has 0 aromatic carbocycles. The van der Waals surface area contributed by atoms with Gasteiger partial charge in [0.15, 0.2) is 0 Å². The topological polar surface area (TPSA) is 69.5 Å². The average molecular weight is 292 g/mol. The molecule has 1 aromatic rings. The second-order valence-corrected chi connectivity index (χ2v) is 6.27. The van der Waals surface area contributed by atoms with Gasteiger partial charge in [-0.2, -0.15) is 0 Å². The van der Waals surface area contributed by atoms with E-state index in [-0.39, 0.29) is 23.7 Å². The fraction of sp³-hybridized carbons (Fsp3) is 0.786. The number of hydrogen-bond donors (Lipinski definition) is 0. The molecule has 3 aliphatic heterocycles. The number of hydrogen-bond acceptors (Lipinski definition) is 5. The van der Waals surface area contributed by atoms with E-state index in [0.29, 0.717) is 19.8 Å². The summed E-state index contributed by atoms with van der Waals surface area (Å²) in [6, 6.07) is 0.276. The first-order valence-electron chi connectivity index (χ1n) is 7.64. The first kappa shape index (κ1) is 13.2. The number of nitrogens with zero attached hydrogens (tertiary/aromatic N) is 4. The van der Waals surface area contributed by atoms with Gasteiger partial charge in [0.1, 0.15) is 18.8 Å². The molecule has 0 bridgehead atoms. The molecule has 1 amide bonds. The van der Waals surface area contributed by atoms with Crippen molar-refractivity contribution in [1.29, 1.82) is 0 Å². The third kappa shape index (κ3) is 2.34. The van der Waals surface area contributed by atoms with Crippen molar-refractivity contribution in [3.8, 4) is 0 Å². The van der Waals surface area contributed by atoms with Gasteiger partial charge in [-0.1, -0.05) is 0 Å². The van der Waals surface area contributed by atoms with Gasteiger partial charge in [-0.15, -0.1) is 10.2 Å². The summed E-state index contributed by atoms with van der Waals surface area (Å²) in [5.41, 5.74) is -0.191. The normalized spacial score (nSPS) is 35.9. The lowest BCUT2D eigenvalue weighted by atomic mass is 9.97. The molecule has 1 aromatic heterocycles. The Hall–Kier alpha value is -1.47. The summed E-state index contributed by atoms with van der Waals surface area (Å²) < 4.78 is 13.6. The molecule has 7 heteroatoms. The fourth-order valence-electron chi connectivity index (χ4n) is 3.70. The molecule has 1 spiro atoms.